The minimum Gasteiger partial charge on any atom is -0.497 e. The van der Waals surface area contributed by atoms with Gasteiger partial charge in [-0.3, -0.25) is 0 Å². The zero-order valence-corrected chi connectivity index (χ0v) is 14.0. The average molecular weight is 323 g/mol. The summed E-state index contributed by atoms with van der Waals surface area (Å²) in [7, 11) is 1.68. The van der Waals surface area contributed by atoms with Crippen LogP contribution < -0.4 is 9.64 Å². The Morgan fingerprint density at radius 3 is 2.75 bits per heavy atom. The number of benzene rings is 1. The minimum atomic E-state index is 0.639. The number of anilines is 1. The maximum absolute atomic E-state index is 5.27. The predicted molar refractivity (Wildman–Crippen MR) is 93.4 cm³/mol. The van der Waals surface area contributed by atoms with E-state index in [1.807, 2.05) is 22.8 Å². The van der Waals surface area contributed by atoms with Crippen molar-refractivity contribution in [1.29, 1.82) is 0 Å². The number of fused-ring (bicyclic) bond motifs is 1. The van der Waals surface area contributed by atoms with Crippen LogP contribution in [0.5, 0.6) is 5.75 Å². The number of rotatable bonds is 3. The molecule has 1 aliphatic rings. The van der Waals surface area contributed by atoms with Gasteiger partial charge in [-0.2, -0.15) is 14.6 Å². The molecule has 124 valence electrons. The van der Waals surface area contributed by atoms with E-state index in [9.17, 15) is 0 Å². The first kappa shape index (κ1) is 14.9. The van der Waals surface area contributed by atoms with Crippen molar-refractivity contribution in [3.05, 3.63) is 36.8 Å². The highest BCUT2D eigenvalue weighted by atomic mass is 16.5. The van der Waals surface area contributed by atoms with Gasteiger partial charge >= 0.3 is 0 Å². The molecule has 0 aliphatic carbocycles. The van der Waals surface area contributed by atoms with Gasteiger partial charge in [0.05, 0.1) is 7.11 Å². The van der Waals surface area contributed by atoms with E-state index in [1.165, 1.54) is 12.8 Å². The van der Waals surface area contributed by atoms with Gasteiger partial charge < -0.3 is 9.64 Å². The standard InChI is InChI=1S/C18H21N5O/c1-13-4-3-9-22(11-13)17-16(10-19-18-20-12-21-23(17)18)14-5-7-15(24-2)8-6-14/h5-8,10,12-13H,3-4,9,11H2,1-2H3. The maximum Gasteiger partial charge on any atom is 0.254 e. The molecule has 3 heterocycles. The SMILES string of the molecule is COc1ccc(-c2cnc3ncnn3c2N2CCCC(C)C2)cc1. The first-order valence-electron chi connectivity index (χ1n) is 8.34. The summed E-state index contributed by atoms with van der Waals surface area (Å²) in [6, 6.07) is 8.08. The first-order valence-corrected chi connectivity index (χ1v) is 8.34. The highest BCUT2D eigenvalue weighted by Gasteiger charge is 2.23. The van der Waals surface area contributed by atoms with Crippen molar-refractivity contribution in [1.82, 2.24) is 19.6 Å². The van der Waals surface area contributed by atoms with Crippen LogP contribution in [0.25, 0.3) is 16.9 Å². The topological polar surface area (TPSA) is 55.6 Å². The highest BCUT2D eigenvalue weighted by molar-refractivity contribution is 5.77. The van der Waals surface area contributed by atoms with Gasteiger partial charge in [0.1, 0.15) is 17.9 Å². The van der Waals surface area contributed by atoms with Crippen LogP contribution in [-0.4, -0.2) is 39.8 Å². The Kier molecular flexibility index (Phi) is 3.80. The van der Waals surface area contributed by atoms with Crippen molar-refractivity contribution < 1.29 is 4.74 Å². The van der Waals surface area contributed by atoms with E-state index in [0.717, 1.165) is 35.8 Å². The van der Waals surface area contributed by atoms with Gasteiger partial charge in [-0.1, -0.05) is 19.1 Å². The molecule has 0 radical (unpaired) electrons. The molecule has 0 N–H and O–H groups in total. The molecule has 24 heavy (non-hydrogen) atoms. The van der Waals surface area contributed by atoms with Gasteiger partial charge in [0.25, 0.3) is 5.78 Å². The summed E-state index contributed by atoms with van der Waals surface area (Å²) < 4.78 is 7.13. The fourth-order valence-electron chi connectivity index (χ4n) is 3.43. The van der Waals surface area contributed by atoms with Crippen molar-refractivity contribution in [2.75, 3.05) is 25.1 Å². The van der Waals surface area contributed by atoms with Crippen LogP contribution in [0.15, 0.2) is 36.8 Å². The molecule has 3 aromatic rings. The minimum absolute atomic E-state index is 0.639. The van der Waals surface area contributed by atoms with Crippen LogP contribution in [0.3, 0.4) is 0 Å². The van der Waals surface area contributed by atoms with E-state index >= 15 is 0 Å². The fraction of sp³-hybridized carbons (Fsp3) is 0.389. The number of hydrogen-bond donors (Lipinski definition) is 0. The molecule has 0 spiro atoms. The smallest absolute Gasteiger partial charge is 0.254 e. The monoisotopic (exact) mass is 323 g/mol. The number of hydrogen-bond acceptors (Lipinski definition) is 5. The van der Waals surface area contributed by atoms with Crippen LogP contribution in [0.4, 0.5) is 5.82 Å². The summed E-state index contributed by atoms with van der Waals surface area (Å²) in [5.41, 5.74) is 2.18. The molecule has 1 atom stereocenters. The van der Waals surface area contributed by atoms with Crippen LogP contribution in [0, 0.1) is 5.92 Å². The fourth-order valence-corrected chi connectivity index (χ4v) is 3.43. The Bertz CT molecular complexity index is 842. The third-order valence-electron chi connectivity index (χ3n) is 4.64. The number of methoxy groups -OCH3 is 1. The molecule has 1 saturated heterocycles. The van der Waals surface area contributed by atoms with E-state index in [2.05, 4.69) is 39.0 Å². The number of nitrogens with zero attached hydrogens (tertiary/aromatic N) is 5. The lowest BCUT2D eigenvalue weighted by Gasteiger charge is -2.33. The van der Waals surface area contributed by atoms with Crippen LogP contribution in [0.2, 0.25) is 0 Å². The average Bonchev–Trinajstić information content (AvgIpc) is 3.09. The quantitative estimate of drug-likeness (QED) is 0.741. The Labute approximate surface area is 141 Å². The Balaban J connectivity index is 1.86. The van der Waals surface area contributed by atoms with E-state index in [0.29, 0.717) is 11.7 Å². The summed E-state index contributed by atoms with van der Waals surface area (Å²) in [6.07, 6.45) is 5.94. The lowest BCUT2D eigenvalue weighted by Crippen LogP contribution is -2.36. The third-order valence-corrected chi connectivity index (χ3v) is 4.64. The first-order chi connectivity index (χ1) is 11.8. The highest BCUT2D eigenvalue weighted by Crippen LogP contribution is 2.33. The predicted octanol–water partition coefficient (Wildman–Crippen LogP) is 3.04. The molecule has 2 aromatic heterocycles. The van der Waals surface area contributed by atoms with Crippen molar-refractivity contribution in [2.45, 2.75) is 19.8 Å². The lowest BCUT2D eigenvalue weighted by atomic mass is 9.99. The summed E-state index contributed by atoms with van der Waals surface area (Å²) in [5, 5.41) is 4.42. The molecule has 6 nitrogen and oxygen atoms in total. The van der Waals surface area contributed by atoms with E-state index in [-0.39, 0.29) is 0 Å². The largest absolute Gasteiger partial charge is 0.497 e. The van der Waals surface area contributed by atoms with E-state index < -0.39 is 0 Å². The van der Waals surface area contributed by atoms with Gasteiger partial charge in [0.15, 0.2) is 0 Å². The molecule has 0 bridgehead atoms. The van der Waals surface area contributed by atoms with Crippen LogP contribution >= 0.6 is 0 Å². The molecule has 6 heteroatoms. The van der Waals surface area contributed by atoms with Gasteiger partial charge in [0.2, 0.25) is 0 Å². The third kappa shape index (κ3) is 2.58. The van der Waals surface area contributed by atoms with E-state index in [4.69, 9.17) is 4.74 Å². The number of ether oxygens (including phenoxy) is 1. The molecule has 0 amide bonds. The molecule has 0 saturated carbocycles. The summed E-state index contributed by atoms with van der Waals surface area (Å²) >= 11 is 0. The normalized spacial score (nSPS) is 18.1. The van der Waals surface area contributed by atoms with Gasteiger partial charge in [0, 0.05) is 24.8 Å². The van der Waals surface area contributed by atoms with Crippen LogP contribution in [0.1, 0.15) is 19.8 Å². The molecule has 1 aliphatic heterocycles. The van der Waals surface area contributed by atoms with Gasteiger partial charge in [-0.25, -0.2) is 4.98 Å². The second-order valence-corrected chi connectivity index (χ2v) is 6.39. The summed E-state index contributed by atoms with van der Waals surface area (Å²) in [5.74, 6) is 3.24. The second kappa shape index (κ2) is 6.11. The van der Waals surface area contributed by atoms with Crippen molar-refractivity contribution in [3.8, 4) is 16.9 Å². The molecule has 1 unspecified atom stereocenters. The Morgan fingerprint density at radius 2 is 2.00 bits per heavy atom. The van der Waals surface area contributed by atoms with Gasteiger partial charge in [-0.15, -0.1) is 0 Å². The number of aromatic nitrogens is 4. The van der Waals surface area contributed by atoms with E-state index in [1.54, 1.807) is 13.4 Å². The van der Waals surface area contributed by atoms with Crippen molar-refractivity contribution in [3.63, 3.8) is 0 Å². The lowest BCUT2D eigenvalue weighted by molar-refractivity contribution is 0.415. The second-order valence-electron chi connectivity index (χ2n) is 6.39. The molecular formula is C18H21N5O. The zero-order chi connectivity index (χ0) is 16.5. The van der Waals surface area contributed by atoms with Crippen molar-refractivity contribution >= 4 is 11.6 Å². The van der Waals surface area contributed by atoms with Gasteiger partial charge in [-0.05, 0) is 36.5 Å². The van der Waals surface area contributed by atoms with Crippen LogP contribution in [-0.2, 0) is 0 Å². The summed E-state index contributed by atoms with van der Waals surface area (Å²) in [4.78, 5) is 11.1. The molecule has 1 fully saturated rings. The Hall–Kier alpha value is -2.63. The Morgan fingerprint density at radius 1 is 1.17 bits per heavy atom. The molecule has 4 rings (SSSR count). The van der Waals surface area contributed by atoms with Crippen molar-refractivity contribution in [2.24, 2.45) is 5.92 Å². The molecular weight excluding hydrogens is 302 g/mol. The maximum atomic E-state index is 5.27. The zero-order valence-electron chi connectivity index (χ0n) is 14.0. The molecule has 1 aromatic carbocycles. The number of piperidine rings is 1. The summed E-state index contributed by atoms with van der Waals surface area (Å²) in [6.45, 7) is 4.37.